The Morgan fingerprint density at radius 1 is 1.03 bits per heavy atom. The van der Waals surface area contributed by atoms with E-state index in [9.17, 15) is 19.7 Å². The van der Waals surface area contributed by atoms with Gasteiger partial charge in [0.25, 0.3) is 11.2 Å². The highest BCUT2D eigenvalue weighted by molar-refractivity contribution is 5.85. The predicted molar refractivity (Wildman–Crippen MR) is 119 cm³/mol. The van der Waals surface area contributed by atoms with Crippen LogP contribution in [0.3, 0.4) is 0 Å². The quantitative estimate of drug-likeness (QED) is 0.391. The zero-order valence-corrected chi connectivity index (χ0v) is 17.9. The molecule has 3 rings (SSSR count). The molecule has 10 nitrogen and oxygen atoms in total. The Morgan fingerprint density at radius 2 is 1.67 bits per heavy atom. The van der Waals surface area contributed by atoms with Crippen molar-refractivity contribution in [2.45, 2.75) is 6.42 Å². The van der Waals surface area contributed by atoms with Crippen LogP contribution < -0.4 is 21.5 Å². The lowest BCUT2D eigenvalue weighted by Crippen LogP contribution is -2.49. The molecule has 0 unspecified atom stereocenters. The molecule has 1 fully saturated rings. The fourth-order valence-electron chi connectivity index (χ4n) is 3.46. The summed E-state index contributed by atoms with van der Waals surface area (Å²) in [6.07, 6.45) is 0.946. The Morgan fingerprint density at radius 3 is 2.27 bits per heavy atom. The fourth-order valence-corrected chi connectivity index (χ4v) is 3.46. The van der Waals surface area contributed by atoms with Gasteiger partial charge in [0.1, 0.15) is 5.82 Å². The van der Waals surface area contributed by atoms with Gasteiger partial charge in [-0.2, -0.15) is 0 Å². The third kappa shape index (κ3) is 5.39. The molecular weight excluding hydrogens is 412 g/mol. The number of nitro groups is 1. The van der Waals surface area contributed by atoms with Crippen molar-refractivity contribution in [2.24, 2.45) is 14.1 Å². The van der Waals surface area contributed by atoms with Crippen LogP contribution in [0, 0.1) is 10.1 Å². The zero-order chi connectivity index (χ0) is 21.0. The van der Waals surface area contributed by atoms with Crippen molar-refractivity contribution in [1.29, 1.82) is 0 Å². The van der Waals surface area contributed by atoms with E-state index in [0.29, 0.717) is 5.82 Å². The Labute approximate surface area is 180 Å². The maximum atomic E-state index is 12.1. The SMILES string of the molecule is Cl.Cn1c(N2CCN(CCCNc3ccc([N+](=O)[O-])cc3)CC2)cc(=O)n(C)c1=O. The van der Waals surface area contributed by atoms with Crippen LogP contribution in [-0.2, 0) is 14.1 Å². The number of hydrogen-bond donors (Lipinski definition) is 1. The lowest BCUT2D eigenvalue weighted by Gasteiger charge is -2.36. The van der Waals surface area contributed by atoms with E-state index in [1.54, 1.807) is 19.2 Å². The minimum Gasteiger partial charge on any atom is -0.385 e. The van der Waals surface area contributed by atoms with Crippen LogP contribution in [0.4, 0.5) is 17.2 Å². The van der Waals surface area contributed by atoms with Crippen molar-refractivity contribution in [3.05, 3.63) is 61.3 Å². The van der Waals surface area contributed by atoms with E-state index in [1.807, 2.05) is 0 Å². The number of nitro benzene ring substituents is 1. The number of nitrogens with zero attached hydrogens (tertiary/aromatic N) is 5. The molecule has 0 saturated carbocycles. The van der Waals surface area contributed by atoms with Gasteiger partial charge in [0.15, 0.2) is 0 Å². The maximum absolute atomic E-state index is 12.1. The summed E-state index contributed by atoms with van der Waals surface area (Å²) < 4.78 is 2.63. The summed E-state index contributed by atoms with van der Waals surface area (Å²) in [5.74, 6) is 0.664. The molecule has 1 aromatic heterocycles. The molecule has 30 heavy (non-hydrogen) atoms. The van der Waals surface area contributed by atoms with Crippen LogP contribution in [0.5, 0.6) is 0 Å². The summed E-state index contributed by atoms with van der Waals surface area (Å²) in [4.78, 5) is 38.7. The van der Waals surface area contributed by atoms with E-state index in [2.05, 4.69) is 15.1 Å². The number of rotatable bonds is 7. The zero-order valence-electron chi connectivity index (χ0n) is 17.1. The number of anilines is 2. The molecule has 1 aliphatic rings. The van der Waals surface area contributed by atoms with Crippen molar-refractivity contribution in [3.63, 3.8) is 0 Å². The van der Waals surface area contributed by atoms with Crippen molar-refractivity contribution in [2.75, 3.05) is 49.5 Å². The van der Waals surface area contributed by atoms with E-state index in [1.165, 1.54) is 29.8 Å². The van der Waals surface area contributed by atoms with Gasteiger partial charge in [-0.3, -0.25) is 28.9 Å². The third-order valence-electron chi connectivity index (χ3n) is 5.26. The standard InChI is InChI=1S/C19H26N6O4.ClH/c1-21-17(14-18(26)22(2)19(21)27)24-12-10-23(11-13-24)9-3-8-20-15-4-6-16(7-5-15)25(28)29;/h4-7,14,20H,3,8-13H2,1-2H3;1H. The van der Waals surface area contributed by atoms with Gasteiger partial charge < -0.3 is 10.2 Å². The molecule has 11 heteroatoms. The summed E-state index contributed by atoms with van der Waals surface area (Å²) in [6, 6.07) is 7.93. The molecule has 2 heterocycles. The first-order valence-electron chi connectivity index (χ1n) is 9.59. The first-order chi connectivity index (χ1) is 13.9. The van der Waals surface area contributed by atoms with Crippen LogP contribution in [0.1, 0.15) is 6.42 Å². The van der Waals surface area contributed by atoms with E-state index < -0.39 is 4.92 Å². The van der Waals surface area contributed by atoms with Gasteiger partial charge >= 0.3 is 5.69 Å². The highest BCUT2D eigenvalue weighted by atomic mass is 35.5. The summed E-state index contributed by atoms with van der Waals surface area (Å²) in [5.41, 5.74) is 0.351. The number of non-ortho nitro benzene ring substituents is 1. The maximum Gasteiger partial charge on any atom is 0.332 e. The lowest BCUT2D eigenvalue weighted by atomic mass is 10.2. The van der Waals surface area contributed by atoms with Crippen LogP contribution in [0.15, 0.2) is 39.9 Å². The molecule has 0 radical (unpaired) electrons. The van der Waals surface area contributed by atoms with E-state index in [4.69, 9.17) is 0 Å². The van der Waals surface area contributed by atoms with Gasteiger partial charge in [0, 0.05) is 70.7 Å². The Hall–Kier alpha value is -2.85. The average Bonchev–Trinajstić information content (AvgIpc) is 2.73. The molecule has 1 N–H and O–H groups in total. The monoisotopic (exact) mass is 438 g/mol. The summed E-state index contributed by atoms with van der Waals surface area (Å²) in [5, 5.41) is 13.9. The number of halogens is 1. The van der Waals surface area contributed by atoms with Crippen molar-refractivity contribution in [1.82, 2.24) is 14.0 Å². The van der Waals surface area contributed by atoms with Gasteiger partial charge in [-0.1, -0.05) is 0 Å². The smallest absolute Gasteiger partial charge is 0.332 e. The van der Waals surface area contributed by atoms with Crippen molar-refractivity contribution < 1.29 is 4.92 Å². The number of piperazine rings is 1. The Kier molecular flexibility index (Phi) is 8.01. The Balaban J connectivity index is 0.00000320. The fraction of sp³-hybridized carbons (Fsp3) is 0.474. The van der Waals surface area contributed by atoms with Crippen LogP contribution >= 0.6 is 12.4 Å². The molecule has 0 atom stereocenters. The minimum absolute atomic E-state index is 0. The molecule has 0 bridgehead atoms. The van der Waals surface area contributed by atoms with E-state index in [0.717, 1.165) is 55.9 Å². The highest BCUT2D eigenvalue weighted by Gasteiger charge is 2.19. The second-order valence-corrected chi connectivity index (χ2v) is 7.15. The number of hydrogen-bond acceptors (Lipinski definition) is 7. The summed E-state index contributed by atoms with van der Waals surface area (Å²) >= 11 is 0. The summed E-state index contributed by atoms with van der Waals surface area (Å²) in [6.45, 7) is 4.96. The predicted octanol–water partition coefficient (Wildman–Crippen LogP) is 1.04. The molecule has 1 aromatic carbocycles. The largest absolute Gasteiger partial charge is 0.385 e. The second-order valence-electron chi connectivity index (χ2n) is 7.15. The first-order valence-corrected chi connectivity index (χ1v) is 9.59. The molecule has 2 aromatic rings. The second kappa shape index (κ2) is 10.3. The van der Waals surface area contributed by atoms with Gasteiger partial charge in [0.05, 0.1) is 4.92 Å². The van der Waals surface area contributed by atoms with Gasteiger partial charge in [-0.25, -0.2) is 4.79 Å². The normalized spacial score (nSPS) is 14.3. The van der Waals surface area contributed by atoms with Crippen LogP contribution in [0.25, 0.3) is 0 Å². The van der Waals surface area contributed by atoms with E-state index >= 15 is 0 Å². The van der Waals surface area contributed by atoms with Gasteiger partial charge in [0.2, 0.25) is 0 Å². The average molecular weight is 439 g/mol. The van der Waals surface area contributed by atoms with Gasteiger partial charge in [-0.05, 0) is 25.1 Å². The number of benzene rings is 1. The van der Waals surface area contributed by atoms with Crippen molar-refractivity contribution in [3.8, 4) is 0 Å². The number of nitrogens with one attached hydrogen (secondary N) is 1. The topological polar surface area (TPSA) is 106 Å². The molecule has 1 aliphatic heterocycles. The van der Waals surface area contributed by atoms with Crippen molar-refractivity contribution >= 4 is 29.6 Å². The van der Waals surface area contributed by atoms with Crippen LogP contribution in [0.2, 0.25) is 0 Å². The highest BCUT2D eigenvalue weighted by Crippen LogP contribution is 2.16. The number of aromatic nitrogens is 2. The Bertz CT molecular complexity index is 980. The molecule has 0 spiro atoms. The molecule has 1 saturated heterocycles. The third-order valence-corrected chi connectivity index (χ3v) is 5.26. The van der Waals surface area contributed by atoms with Crippen LogP contribution in [-0.4, -0.2) is 58.2 Å². The van der Waals surface area contributed by atoms with Gasteiger partial charge in [-0.15, -0.1) is 12.4 Å². The first kappa shape index (κ1) is 23.4. The van der Waals surface area contributed by atoms with E-state index in [-0.39, 0.29) is 29.3 Å². The summed E-state index contributed by atoms with van der Waals surface area (Å²) in [7, 11) is 3.17. The molecule has 0 aliphatic carbocycles. The minimum atomic E-state index is -0.408. The molecule has 164 valence electrons. The lowest BCUT2D eigenvalue weighted by molar-refractivity contribution is -0.384. The molecular formula is C19H27ClN6O4. The molecule has 0 amide bonds.